The second-order valence-corrected chi connectivity index (χ2v) is 8.62. The predicted molar refractivity (Wildman–Crippen MR) is 134 cm³/mol. The number of hydrogen-bond acceptors (Lipinski definition) is 6. The molecule has 0 atom stereocenters. The number of imidazole rings is 2. The summed E-state index contributed by atoms with van der Waals surface area (Å²) >= 11 is 0. The van der Waals surface area contributed by atoms with Crippen molar-refractivity contribution >= 4 is 22.9 Å². The fourth-order valence-electron chi connectivity index (χ4n) is 4.51. The van der Waals surface area contributed by atoms with Crippen molar-refractivity contribution in [3.05, 3.63) is 79.3 Å². The SMILES string of the molecule is O=C(Cn1cc(-c2ccc(F)cc2)nc1-c1ccccc1)N1CCN(c2ncnc3[nH]cnc23)CC1. The van der Waals surface area contributed by atoms with Crippen molar-refractivity contribution in [2.24, 2.45) is 0 Å². The van der Waals surface area contributed by atoms with Crippen LogP contribution in [-0.2, 0) is 11.3 Å². The van der Waals surface area contributed by atoms with Gasteiger partial charge in [0.2, 0.25) is 5.91 Å². The first-order valence-electron chi connectivity index (χ1n) is 11.7. The number of H-pyrrole nitrogens is 1. The summed E-state index contributed by atoms with van der Waals surface area (Å²) in [7, 11) is 0. The van der Waals surface area contributed by atoms with Crippen molar-refractivity contribution in [3.63, 3.8) is 0 Å². The van der Waals surface area contributed by atoms with E-state index in [1.54, 1.807) is 18.5 Å². The van der Waals surface area contributed by atoms with Crippen LogP contribution in [0.5, 0.6) is 0 Å². The molecule has 6 rings (SSSR count). The average molecular weight is 483 g/mol. The van der Waals surface area contributed by atoms with Crippen LogP contribution < -0.4 is 4.90 Å². The Labute approximate surface area is 206 Å². The van der Waals surface area contributed by atoms with Crippen molar-refractivity contribution in [2.75, 3.05) is 31.1 Å². The van der Waals surface area contributed by atoms with Gasteiger partial charge in [-0.1, -0.05) is 30.3 Å². The number of benzene rings is 2. The molecular weight excluding hydrogens is 459 g/mol. The fraction of sp³-hybridized carbons (Fsp3) is 0.192. The zero-order valence-corrected chi connectivity index (χ0v) is 19.4. The second kappa shape index (κ2) is 9.21. The quantitative estimate of drug-likeness (QED) is 0.413. The zero-order valence-electron chi connectivity index (χ0n) is 19.4. The normalized spacial score (nSPS) is 13.9. The lowest BCUT2D eigenvalue weighted by Crippen LogP contribution is -2.50. The number of anilines is 1. The van der Waals surface area contributed by atoms with Crippen LogP contribution in [0.3, 0.4) is 0 Å². The minimum Gasteiger partial charge on any atom is -0.351 e. The number of aromatic amines is 1. The highest BCUT2D eigenvalue weighted by Gasteiger charge is 2.25. The van der Waals surface area contributed by atoms with Gasteiger partial charge in [-0.15, -0.1) is 0 Å². The minimum atomic E-state index is -0.300. The van der Waals surface area contributed by atoms with Gasteiger partial charge in [0, 0.05) is 43.5 Å². The lowest BCUT2D eigenvalue weighted by Gasteiger charge is -2.35. The van der Waals surface area contributed by atoms with Gasteiger partial charge in [0.15, 0.2) is 11.5 Å². The number of carbonyl (C=O) groups excluding carboxylic acids is 1. The monoisotopic (exact) mass is 482 g/mol. The van der Waals surface area contributed by atoms with Gasteiger partial charge in [0.25, 0.3) is 0 Å². The van der Waals surface area contributed by atoms with Crippen LogP contribution in [-0.4, -0.2) is 66.5 Å². The van der Waals surface area contributed by atoms with E-state index >= 15 is 0 Å². The molecule has 1 aliphatic heterocycles. The molecule has 5 aromatic rings. The molecule has 1 N–H and O–H groups in total. The van der Waals surface area contributed by atoms with Crippen LogP contribution in [0.2, 0.25) is 0 Å². The van der Waals surface area contributed by atoms with Gasteiger partial charge in [0.05, 0.1) is 12.0 Å². The Balaban J connectivity index is 1.21. The van der Waals surface area contributed by atoms with E-state index in [1.807, 2.05) is 46.0 Å². The van der Waals surface area contributed by atoms with Crippen LogP contribution in [0.15, 0.2) is 73.4 Å². The number of halogens is 1. The lowest BCUT2D eigenvalue weighted by atomic mass is 10.2. The first-order chi connectivity index (χ1) is 17.7. The van der Waals surface area contributed by atoms with Gasteiger partial charge >= 0.3 is 0 Å². The van der Waals surface area contributed by atoms with Gasteiger partial charge in [-0.3, -0.25) is 4.79 Å². The van der Waals surface area contributed by atoms with Crippen molar-refractivity contribution in [1.29, 1.82) is 0 Å². The van der Waals surface area contributed by atoms with Crippen molar-refractivity contribution in [3.8, 4) is 22.6 Å². The van der Waals surface area contributed by atoms with E-state index in [0.717, 1.165) is 22.5 Å². The summed E-state index contributed by atoms with van der Waals surface area (Å²) in [5, 5.41) is 0. The Morgan fingerprint density at radius 3 is 2.47 bits per heavy atom. The first kappa shape index (κ1) is 21.9. The molecule has 0 spiro atoms. The Hall–Kier alpha value is -4.60. The smallest absolute Gasteiger partial charge is 0.242 e. The highest BCUT2D eigenvalue weighted by atomic mass is 19.1. The average Bonchev–Trinajstić information content (AvgIpc) is 3.57. The number of nitrogens with zero attached hydrogens (tertiary/aromatic N) is 7. The van der Waals surface area contributed by atoms with E-state index < -0.39 is 0 Å². The van der Waals surface area contributed by atoms with Gasteiger partial charge in [-0.25, -0.2) is 24.3 Å². The second-order valence-electron chi connectivity index (χ2n) is 8.62. The highest BCUT2D eigenvalue weighted by Crippen LogP contribution is 2.26. The van der Waals surface area contributed by atoms with E-state index in [0.29, 0.717) is 43.3 Å². The number of piperazine rings is 1. The summed E-state index contributed by atoms with van der Waals surface area (Å²) in [5.74, 6) is 1.19. The molecule has 0 saturated carbocycles. The van der Waals surface area contributed by atoms with Gasteiger partial charge in [-0.05, 0) is 24.3 Å². The summed E-state index contributed by atoms with van der Waals surface area (Å²) in [6.45, 7) is 2.63. The van der Waals surface area contributed by atoms with Crippen LogP contribution in [0.4, 0.5) is 10.2 Å². The highest BCUT2D eigenvalue weighted by molar-refractivity contribution is 5.83. The Bertz CT molecular complexity index is 1500. The molecule has 1 saturated heterocycles. The van der Waals surface area contributed by atoms with Crippen molar-refractivity contribution < 1.29 is 9.18 Å². The summed E-state index contributed by atoms with van der Waals surface area (Å²) in [6.07, 6.45) is 4.99. The van der Waals surface area contributed by atoms with Gasteiger partial charge < -0.3 is 19.4 Å². The largest absolute Gasteiger partial charge is 0.351 e. The Morgan fingerprint density at radius 1 is 0.917 bits per heavy atom. The van der Waals surface area contributed by atoms with E-state index in [-0.39, 0.29) is 18.3 Å². The third kappa shape index (κ3) is 4.17. The molecule has 0 unspecified atom stereocenters. The van der Waals surface area contributed by atoms with E-state index in [4.69, 9.17) is 4.98 Å². The van der Waals surface area contributed by atoms with Crippen molar-refractivity contribution in [2.45, 2.75) is 6.54 Å². The summed E-state index contributed by atoms with van der Waals surface area (Å²) in [6, 6.07) is 16.0. The molecule has 0 radical (unpaired) electrons. The van der Waals surface area contributed by atoms with Gasteiger partial charge in [-0.2, -0.15) is 0 Å². The minimum absolute atomic E-state index is 0.0162. The number of fused-ring (bicyclic) bond motifs is 1. The molecule has 10 heteroatoms. The third-order valence-electron chi connectivity index (χ3n) is 6.38. The summed E-state index contributed by atoms with van der Waals surface area (Å²) in [4.78, 5) is 38.1. The molecule has 36 heavy (non-hydrogen) atoms. The molecular formula is C26H23FN8O. The number of amides is 1. The number of carbonyl (C=O) groups is 1. The maximum absolute atomic E-state index is 13.4. The topological polar surface area (TPSA) is 95.8 Å². The number of aromatic nitrogens is 6. The lowest BCUT2D eigenvalue weighted by molar-refractivity contribution is -0.132. The molecule has 1 aliphatic rings. The molecule has 0 aliphatic carbocycles. The maximum atomic E-state index is 13.4. The molecule has 180 valence electrons. The Morgan fingerprint density at radius 2 is 1.69 bits per heavy atom. The summed E-state index contributed by atoms with van der Waals surface area (Å²) < 4.78 is 15.3. The standard InChI is InChI=1S/C26H23FN8O/c27-20-8-6-18(7-9-20)21-14-35(25(32-21)19-4-2-1-3-5-19)15-22(36)33-10-12-34(13-11-33)26-23-24(29-16-28-23)30-17-31-26/h1-9,14,16-17H,10-13,15H2,(H,28,29,30,31). The van der Waals surface area contributed by atoms with Crippen LogP contribution in [0.1, 0.15) is 0 Å². The van der Waals surface area contributed by atoms with E-state index in [1.165, 1.54) is 18.5 Å². The van der Waals surface area contributed by atoms with Crippen LogP contribution in [0, 0.1) is 5.82 Å². The third-order valence-corrected chi connectivity index (χ3v) is 6.38. The Kier molecular flexibility index (Phi) is 5.61. The van der Waals surface area contributed by atoms with E-state index in [2.05, 4.69) is 24.8 Å². The number of hydrogen-bond donors (Lipinski definition) is 1. The van der Waals surface area contributed by atoms with Crippen LogP contribution >= 0.6 is 0 Å². The van der Waals surface area contributed by atoms with Crippen LogP contribution in [0.25, 0.3) is 33.8 Å². The van der Waals surface area contributed by atoms with E-state index in [9.17, 15) is 9.18 Å². The molecule has 0 bridgehead atoms. The molecule has 1 fully saturated rings. The summed E-state index contributed by atoms with van der Waals surface area (Å²) in [5.41, 5.74) is 3.83. The molecule has 3 aromatic heterocycles. The number of nitrogens with one attached hydrogen (secondary N) is 1. The zero-order chi connectivity index (χ0) is 24.5. The molecule has 2 aromatic carbocycles. The molecule has 1 amide bonds. The first-order valence-corrected chi connectivity index (χ1v) is 11.7. The molecule has 4 heterocycles. The predicted octanol–water partition coefficient (Wildman–Crippen LogP) is 3.37. The molecule has 9 nitrogen and oxygen atoms in total. The maximum Gasteiger partial charge on any atom is 0.242 e. The van der Waals surface area contributed by atoms with Crippen molar-refractivity contribution in [1.82, 2.24) is 34.4 Å². The fourth-order valence-corrected chi connectivity index (χ4v) is 4.51. The number of rotatable bonds is 5. The van der Waals surface area contributed by atoms with Gasteiger partial charge in [0.1, 0.15) is 30.0 Å².